The molecule has 6 aromatic carbocycles. The molecule has 628 valence electrons. The number of aliphatic hydroxyl groups excluding tert-OH is 6. The van der Waals surface area contributed by atoms with Crippen LogP contribution in [-0.2, 0) is 63.9 Å². The maximum Gasteiger partial charge on any atom is 0.330 e. The van der Waals surface area contributed by atoms with Gasteiger partial charge < -0.3 is 132 Å². The third-order valence-electron chi connectivity index (χ3n) is 20.4. The number of nitrogens with one attached hydrogen (secondary N) is 8. The molecular weight excluding hydrogens is 1590 g/mol. The van der Waals surface area contributed by atoms with Crippen LogP contribution in [0.3, 0.4) is 0 Å². The number of hydrogen-bond donors (Lipinski definition) is 19. The molecule has 2 saturated heterocycles. The lowest BCUT2D eigenvalue weighted by atomic mass is 9.84. The number of benzene rings is 6. The first-order chi connectivity index (χ1) is 55.5. The number of unbranched alkanes of at least 4 members (excludes halogenated alkanes) is 1. The van der Waals surface area contributed by atoms with E-state index >= 15 is 14.4 Å². The molecule has 7 aliphatic rings. The van der Waals surface area contributed by atoms with Gasteiger partial charge in [-0.15, -0.1) is 0 Å². The van der Waals surface area contributed by atoms with E-state index in [0.717, 1.165) is 78.7 Å². The van der Waals surface area contributed by atoms with E-state index in [2.05, 4.69) is 42.5 Å². The van der Waals surface area contributed by atoms with E-state index in [4.69, 9.17) is 62.1 Å². The van der Waals surface area contributed by atoms with Gasteiger partial charge in [0.15, 0.2) is 35.1 Å². The molecule has 0 unspecified atom stereocenters. The van der Waals surface area contributed by atoms with Crippen LogP contribution in [0.1, 0.15) is 130 Å². The minimum atomic E-state index is -2.37. The average Bonchev–Trinajstić information content (AvgIpc) is 0.765. The van der Waals surface area contributed by atoms with Gasteiger partial charge in [0.2, 0.25) is 53.4 Å². The highest BCUT2D eigenvalue weighted by Crippen LogP contribution is 2.50. The van der Waals surface area contributed by atoms with Crippen LogP contribution in [0.5, 0.6) is 51.7 Å². The smallest absolute Gasteiger partial charge is 0.330 e. The van der Waals surface area contributed by atoms with E-state index in [1.807, 2.05) is 26.0 Å². The van der Waals surface area contributed by atoms with Crippen LogP contribution in [-0.4, -0.2) is 208 Å². The van der Waals surface area contributed by atoms with Gasteiger partial charge in [-0.3, -0.25) is 38.4 Å². The van der Waals surface area contributed by atoms with Gasteiger partial charge in [-0.2, -0.15) is 0 Å². The van der Waals surface area contributed by atoms with Crippen molar-refractivity contribution < 1.29 is 127 Å². The number of aliphatic carboxylic acids is 1. The van der Waals surface area contributed by atoms with Crippen molar-refractivity contribution in [2.75, 3.05) is 26.0 Å². The van der Waals surface area contributed by atoms with Gasteiger partial charge in [0.25, 0.3) is 0 Å². The Labute approximate surface area is 683 Å². The molecule has 7 amide bonds. The number of amides is 7. The number of hydrogen-bond acceptors (Lipinski definition) is 28. The molecular formula is C79H91Cl2N9O26S. The third-order valence-corrected chi connectivity index (χ3v) is 21.9. The first-order valence-electron chi connectivity index (χ1n) is 37.3. The van der Waals surface area contributed by atoms with Gasteiger partial charge >= 0.3 is 5.97 Å². The molecule has 0 saturated carbocycles. The Morgan fingerprint density at radius 3 is 2.00 bits per heavy atom. The number of likely N-dealkylation sites (N-methyl/N-ethyl adjacent to an activating group) is 1. The second-order valence-electron chi connectivity index (χ2n) is 29.5. The van der Waals surface area contributed by atoms with Crippen LogP contribution >= 0.6 is 35.0 Å². The summed E-state index contributed by atoms with van der Waals surface area (Å²) in [5.41, 5.74) is 2.37. The number of fused-ring (bicyclic) bond motifs is 15. The summed E-state index contributed by atoms with van der Waals surface area (Å²) in [5, 5.41) is 137. The zero-order valence-corrected chi connectivity index (χ0v) is 66.1. The Hall–Kier alpha value is -10.2. The number of ether oxygens (including phenoxy) is 7. The topological polar surface area (TPSA) is 543 Å². The van der Waals surface area contributed by atoms with Crippen molar-refractivity contribution in [1.29, 1.82) is 0 Å². The van der Waals surface area contributed by atoms with Crippen molar-refractivity contribution in [2.24, 2.45) is 11.7 Å². The number of halogens is 2. The van der Waals surface area contributed by atoms with Crippen LogP contribution in [0.2, 0.25) is 10.0 Å². The standard InChI is InChI=1S/C79H91Cl2N9O26S/c1-33(2)20-47(83-6)71(102)89-62-64(97)38-13-16-51(45(80)23-38)112-53-25-40-26-54(68(53)116-78-69(67(100)66(99)55(32-91)114-78)115-57-30-79(5,70(101)34(3)111-57)84-31-36-10-9-11-42(21-36)110-18-7-8-19-117-35(4)92)113-52-17-14-39(24-46(52)81)65(98)63-76(107)88-61(77(108)109)44-27-41(93)28-50(95)58(44)43-22-37(12-15-49(43)94)59(73(104)90-63)87-74(105)60(40)86-72(103)48(29-56(82)96)85-75(62)106/h9-17,21-28,33-34,47-48,55,57,59-67,69-70,78,83-84,91,93-95,97-101H,7-8,18-20,29-32H2,1-6H3,(H2,82,96)(H,85,106)(H,86,103)(H,87,105)(H,88,107)(H,89,102)(H,90,104)(H,108,109)/t34-,47+,48-,55+,57-,59+,60+,61-,62+,63-,64+,65+,66+,67-,69+,70+,78-,79-/m0/s1. The fourth-order valence-electron chi connectivity index (χ4n) is 14.3. The van der Waals surface area contributed by atoms with Gasteiger partial charge in [-0.05, 0) is 141 Å². The summed E-state index contributed by atoms with van der Waals surface area (Å²) in [6, 6.07) is 6.49. The van der Waals surface area contributed by atoms with Crippen LogP contribution in [0.4, 0.5) is 0 Å². The van der Waals surface area contributed by atoms with Crippen LogP contribution in [0.25, 0.3) is 11.1 Å². The van der Waals surface area contributed by atoms with E-state index in [-0.39, 0.29) is 57.9 Å². The van der Waals surface area contributed by atoms with Crippen LogP contribution in [0, 0.1) is 5.92 Å². The van der Waals surface area contributed by atoms with Gasteiger partial charge in [0.05, 0.1) is 47.9 Å². The Bertz CT molecular complexity index is 4760. The second-order valence-corrected chi connectivity index (χ2v) is 31.6. The fourth-order valence-corrected chi connectivity index (χ4v) is 15.4. The number of aliphatic hydroxyl groups is 6. The molecule has 20 N–H and O–H groups in total. The number of aromatic hydroxyl groups is 3. The van der Waals surface area contributed by atoms with Gasteiger partial charge in [0, 0.05) is 53.9 Å². The zero-order valence-electron chi connectivity index (χ0n) is 63.8. The number of carbonyl (C=O) groups excluding carboxylic acids is 8. The summed E-state index contributed by atoms with van der Waals surface area (Å²) >= 11 is 15.5. The molecule has 0 aromatic heterocycles. The minimum Gasteiger partial charge on any atom is -0.508 e. The Morgan fingerprint density at radius 1 is 0.718 bits per heavy atom. The third kappa shape index (κ3) is 20.3. The number of rotatable bonds is 22. The lowest BCUT2D eigenvalue weighted by Gasteiger charge is -2.48. The molecule has 18 atom stereocenters. The zero-order chi connectivity index (χ0) is 84.8. The maximum absolute atomic E-state index is 16.2. The van der Waals surface area contributed by atoms with Crippen molar-refractivity contribution in [3.05, 3.63) is 147 Å². The van der Waals surface area contributed by atoms with Crippen molar-refractivity contribution in [3.8, 4) is 62.9 Å². The number of nitrogens with two attached hydrogens (primary N) is 1. The van der Waals surface area contributed by atoms with E-state index in [1.165, 1.54) is 37.9 Å². The number of thioether (sulfide) groups is 1. The van der Waals surface area contributed by atoms with Crippen molar-refractivity contribution >= 4 is 87.4 Å². The molecule has 0 radical (unpaired) electrons. The summed E-state index contributed by atoms with van der Waals surface area (Å²) in [6.45, 7) is 7.95. The summed E-state index contributed by atoms with van der Waals surface area (Å²) in [4.78, 5) is 129. The predicted octanol–water partition coefficient (Wildman–Crippen LogP) is 3.38. The Balaban J connectivity index is 1.09. The molecule has 0 spiro atoms. The predicted molar refractivity (Wildman–Crippen MR) is 416 cm³/mol. The van der Waals surface area contributed by atoms with Crippen molar-refractivity contribution in [3.63, 3.8) is 0 Å². The minimum absolute atomic E-state index is 0.0226. The normalized spacial score (nSPS) is 26.9. The molecule has 7 heterocycles. The van der Waals surface area contributed by atoms with Gasteiger partial charge in [-0.1, -0.05) is 79.1 Å². The molecule has 13 rings (SSSR count). The first kappa shape index (κ1) is 87.7. The lowest BCUT2D eigenvalue weighted by Crippen LogP contribution is -2.65. The molecule has 35 nitrogen and oxygen atoms in total. The largest absolute Gasteiger partial charge is 0.508 e. The number of primary amides is 1. The van der Waals surface area contributed by atoms with E-state index in [9.17, 15) is 79.8 Å². The molecule has 117 heavy (non-hydrogen) atoms. The van der Waals surface area contributed by atoms with E-state index in [1.54, 1.807) is 26.0 Å². The second kappa shape index (κ2) is 37.6. The number of carboxylic acid groups (broad SMARTS) is 1. The molecule has 2 fully saturated rings. The fraction of sp³-hybridized carbons (Fsp3) is 0.430. The molecule has 11 bridgehead atoms. The Kier molecular flexibility index (Phi) is 28.2. The van der Waals surface area contributed by atoms with Crippen molar-refractivity contribution in [1.82, 2.24) is 42.5 Å². The highest BCUT2D eigenvalue weighted by atomic mass is 35.5. The van der Waals surface area contributed by atoms with Gasteiger partial charge in [-0.25, -0.2) is 4.79 Å². The lowest BCUT2D eigenvalue weighted by molar-refractivity contribution is -0.334. The SMILES string of the molecule is CN[C@H](CC(C)C)C(=O)N[C@H]1C(=O)N[C@@H](CC(N)=O)C(=O)N[C@H]2C(=O)N[C@H]3C(=O)N[C@H](C(=O)N[C@H](C(=O)O)c4cc(O)cc(O)c4-c4cc3ccc4O)[C@H](O)c3ccc(c(Cl)c3)Oc3cc2cc(c3O[C@@H]2O[C@H](CO)[C@@H](O)[C@H](O)[C@H]2O[C@H]2C[C@](C)(NCc3cccc(OCCCCSC(C)=O)c3)[C@H](O)[C@H](C)O2)Oc2ccc(cc2Cl)[C@H]1O. The highest BCUT2D eigenvalue weighted by molar-refractivity contribution is 8.13. The van der Waals surface area contributed by atoms with Crippen LogP contribution in [0.15, 0.2) is 103 Å². The van der Waals surface area contributed by atoms with Crippen LogP contribution < -0.4 is 67.2 Å². The molecule has 7 aliphatic heterocycles. The number of carbonyl (C=O) groups is 9. The number of phenols is 3. The monoisotopic (exact) mass is 1680 g/mol. The maximum atomic E-state index is 16.2. The molecule has 38 heteroatoms. The Morgan fingerprint density at radius 2 is 1.37 bits per heavy atom. The summed E-state index contributed by atoms with van der Waals surface area (Å²) in [5.74, 6) is -14.9. The highest BCUT2D eigenvalue weighted by Gasteiger charge is 2.52. The first-order valence-corrected chi connectivity index (χ1v) is 39.0. The average molecular weight is 1690 g/mol. The van der Waals surface area contributed by atoms with Gasteiger partial charge in [0.1, 0.15) is 95.2 Å². The quantitative estimate of drug-likeness (QED) is 0.0433. The molecule has 6 aromatic rings. The number of phenolic OH excluding ortho intramolecular Hbond substituents is 3. The van der Waals surface area contributed by atoms with E-state index in [0.29, 0.717) is 24.5 Å². The summed E-state index contributed by atoms with van der Waals surface area (Å²) in [6.07, 6.45) is -17.4. The van der Waals surface area contributed by atoms with Crippen molar-refractivity contribution in [2.45, 2.75) is 183 Å². The number of carboxylic acids is 1. The molecule has 0 aliphatic carbocycles. The van der Waals surface area contributed by atoms with E-state index < -0.39 is 237 Å². The summed E-state index contributed by atoms with van der Waals surface area (Å²) < 4.78 is 45.5. The summed E-state index contributed by atoms with van der Waals surface area (Å²) in [7, 11) is 1.47.